The molecule has 3 aromatic rings. The Bertz CT molecular complexity index is 1150. The molecule has 0 atom stereocenters. The number of fused-ring (bicyclic) bond motifs is 1. The lowest BCUT2D eigenvalue weighted by atomic mass is 9.86. The number of nitrogens with two attached hydrogens (primary N) is 1. The lowest BCUT2D eigenvalue weighted by molar-refractivity contribution is -0.118. The normalized spacial score (nSPS) is 14.8. The first-order valence-electron chi connectivity index (χ1n) is 9.97. The third-order valence-electron chi connectivity index (χ3n) is 5.62. The Morgan fingerprint density at radius 1 is 1.13 bits per heavy atom. The zero-order valence-electron chi connectivity index (χ0n) is 16.4. The number of halogens is 1. The zero-order valence-corrected chi connectivity index (χ0v) is 16.4. The van der Waals surface area contributed by atoms with E-state index in [1.54, 1.807) is 22.8 Å². The molecule has 156 valence electrons. The summed E-state index contributed by atoms with van der Waals surface area (Å²) in [5, 5.41) is 11.0. The molecule has 1 saturated heterocycles. The molecule has 0 aliphatic carbocycles. The molecule has 0 spiro atoms. The molecule has 3 N–H and O–H groups in total. The first-order valence-corrected chi connectivity index (χ1v) is 9.97. The SMILES string of the molecule is NC(=O)CCn1c(C2CCOCC2)c(-c2ccc(F)cc2)c2ccc(O)cc2c1=O. The van der Waals surface area contributed by atoms with Gasteiger partial charge in [-0.1, -0.05) is 12.1 Å². The van der Waals surface area contributed by atoms with Crippen LogP contribution >= 0.6 is 0 Å². The molecule has 1 aromatic heterocycles. The lowest BCUT2D eigenvalue weighted by Gasteiger charge is -2.29. The van der Waals surface area contributed by atoms with Crippen molar-refractivity contribution < 1.29 is 19.0 Å². The number of phenolic OH excluding ortho intramolecular Hbond substituents is 1. The van der Waals surface area contributed by atoms with Crippen molar-refractivity contribution in [3.63, 3.8) is 0 Å². The summed E-state index contributed by atoms with van der Waals surface area (Å²) in [4.78, 5) is 24.9. The first kappa shape index (κ1) is 20.1. The van der Waals surface area contributed by atoms with Gasteiger partial charge in [0.2, 0.25) is 5.91 Å². The highest BCUT2D eigenvalue weighted by molar-refractivity contribution is 5.98. The van der Waals surface area contributed by atoms with Crippen LogP contribution in [0.3, 0.4) is 0 Å². The van der Waals surface area contributed by atoms with E-state index in [9.17, 15) is 19.1 Å². The average Bonchev–Trinajstić information content (AvgIpc) is 2.74. The summed E-state index contributed by atoms with van der Waals surface area (Å²) in [6.07, 6.45) is 1.48. The summed E-state index contributed by atoms with van der Waals surface area (Å²) in [5.74, 6) is -0.836. The topological polar surface area (TPSA) is 94.6 Å². The van der Waals surface area contributed by atoms with Gasteiger partial charge < -0.3 is 20.1 Å². The average molecular weight is 410 g/mol. The van der Waals surface area contributed by atoms with Crippen LogP contribution in [0.2, 0.25) is 0 Å². The number of pyridine rings is 1. The van der Waals surface area contributed by atoms with E-state index in [2.05, 4.69) is 0 Å². The second-order valence-corrected chi connectivity index (χ2v) is 7.56. The number of aromatic nitrogens is 1. The van der Waals surface area contributed by atoms with Crippen LogP contribution in [0, 0.1) is 5.82 Å². The molecule has 0 saturated carbocycles. The molecule has 7 heteroatoms. The van der Waals surface area contributed by atoms with Crippen LogP contribution < -0.4 is 11.3 Å². The van der Waals surface area contributed by atoms with Crippen molar-refractivity contribution in [1.29, 1.82) is 0 Å². The van der Waals surface area contributed by atoms with E-state index in [4.69, 9.17) is 10.5 Å². The summed E-state index contributed by atoms with van der Waals surface area (Å²) >= 11 is 0. The van der Waals surface area contributed by atoms with Crippen molar-refractivity contribution >= 4 is 16.7 Å². The number of carbonyl (C=O) groups is 1. The van der Waals surface area contributed by atoms with E-state index < -0.39 is 5.91 Å². The molecular weight excluding hydrogens is 387 g/mol. The monoisotopic (exact) mass is 410 g/mol. The molecule has 1 aliphatic heterocycles. The number of ether oxygens (including phenoxy) is 1. The minimum atomic E-state index is -0.501. The number of nitrogens with zero attached hydrogens (tertiary/aromatic N) is 1. The standard InChI is InChI=1S/C23H23FN2O4/c24-16-3-1-14(2-4-16)21-18-6-5-17(27)13-19(18)23(29)26(10-7-20(25)28)22(21)15-8-11-30-12-9-15/h1-6,13,15,27H,7-12H2,(H2,25,28). The highest BCUT2D eigenvalue weighted by Gasteiger charge is 2.26. The largest absolute Gasteiger partial charge is 0.508 e. The highest BCUT2D eigenvalue weighted by atomic mass is 19.1. The van der Waals surface area contributed by atoms with Crippen LogP contribution in [0.5, 0.6) is 5.75 Å². The second-order valence-electron chi connectivity index (χ2n) is 7.56. The van der Waals surface area contributed by atoms with Gasteiger partial charge >= 0.3 is 0 Å². The summed E-state index contributed by atoms with van der Waals surface area (Å²) in [5.41, 5.74) is 7.45. The van der Waals surface area contributed by atoms with E-state index in [1.165, 1.54) is 24.3 Å². The fraction of sp³-hybridized carbons (Fsp3) is 0.304. The van der Waals surface area contributed by atoms with Crippen LogP contribution in [0.1, 0.15) is 30.9 Å². The van der Waals surface area contributed by atoms with Gasteiger partial charge in [-0.15, -0.1) is 0 Å². The molecule has 1 amide bonds. The highest BCUT2D eigenvalue weighted by Crippen LogP contribution is 2.39. The Morgan fingerprint density at radius 2 is 1.83 bits per heavy atom. The van der Waals surface area contributed by atoms with Crippen molar-refractivity contribution in [2.75, 3.05) is 13.2 Å². The molecule has 1 aliphatic rings. The lowest BCUT2D eigenvalue weighted by Crippen LogP contribution is -2.30. The van der Waals surface area contributed by atoms with Gasteiger partial charge in [0.15, 0.2) is 0 Å². The predicted octanol–water partition coefficient (Wildman–Crippen LogP) is 3.28. The van der Waals surface area contributed by atoms with E-state index >= 15 is 0 Å². The Labute approximate surface area is 172 Å². The van der Waals surface area contributed by atoms with Gasteiger partial charge in [-0.05, 0) is 54.1 Å². The third kappa shape index (κ3) is 3.80. The second kappa shape index (κ2) is 8.28. The fourth-order valence-corrected chi connectivity index (χ4v) is 4.21. The Balaban J connectivity index is 2.07. The molecule has 30 heavy (non-hydrogen) atoms. The number of primary amides is 1. The smallest absolute Gasteiger partial charge is 0.258 e. The maximum Gasteiger partial charge on any atom is 0.258 e. The zero-order chi connectivity index (χ0) is 21.3. The molecule has 2 heterocycles. The number of phenols is 1. The number of rotatable bonds is 5. The van der Waals surface area contributed by atoms with Gasteiger partial charge in [-0.2, -0.15) is 0 Å². The van der Waals surface area contributed by atoms with Crippen molar-refractivity contribution in [3.8, 4) is 16.9 Å². The van der Waals surface area contributed by atoms with Crippen LogP contribution in [0.4, 0.5) is 4.39 Å². The minimum Gasteiger partial charge on any atom is -0.508 e. The van der Waals surface area contributed by atoms with Crippen molar-refractivity contribution in [2.24, 2.45) is 5.73 Å². The number of hydrogen-bond acceptors (Lipinski definition) is 4. The summed E-state index contributed by atoms with van der Waals surface area (Å²) in [7, 11) is 0. The number of aromatic hydroxyl groups is 1. The van der Waals surface area contributed by atoms with Gasteiger partial charge in [0.25, 0.3) is 5.56 Å². The van der Waals surface area contributed by atoms with Crippen molar-refractivity contribution in [2.45, 2.75) is 31.7 Å². The van der Waals surface area contributed by atoms with Gasteiger partial charge in [-0.3, -0.25) is 9.59 Å². The first-order chi connectivity index (χ1) is 14.5. The Kier molecular flexibility index (Phi) is 5.55. The maximum absolute atomic E-state index is 13.6. The Morgan fingerprint density at radius 3 is 2.50 bits per heavy atom. The Hall–Kier alpha value is -3.19. The molecule has 0 unspecified atom stereocenters. The quantitative estimate of drug-likeness (QED) is 0.675. The van der Waals surface area contributed by atoms with Crippen LogP contribution in [-0.4, -0.2) is 28.8 Å². The van der Waals surface area contributed by atoms with Crippen LogP contribution in [0.25, 0.3) is 21.9 Å². The maximum atomic E-state index is 13.6. The van der Waals surface area contributed by atoms with Crippen molar-refractivity contribution in [3.05, 3.63) is 64.3 Å². The fourth-order valence-electron chi connectivity index (χ4n) is 4.21. The van der Waals surface area contributed by atoms with Crippen LogP contribution in [-0.2, 0) is 16.1 Å². The predicted molar refractivity (Wildman–Crippen MR) is 112 cm³/mol. The van der Waals surface area contributed by atoms with E-state index in [-0.39, 0.29) is 36.0 Å². The number of amides is 1. The van der Waals surface area contributed by atoms with Crippen LogP contribution in [0.15, 0.2) is 47.3 Å². The van der Waals surface area contributed by atoms with Gasteiger partial charge in [0.05, 0.1) is 5.39 Å². The summed E-state index contributed by atoms with van der Waals surface area (Å²) in [6, 6.07) is 10.8. The molecule has 0 radical (unpaired) electrons. The van der Waals surface area contributed by atoms with Gasteiger partial charge in [-0.25, -0.2) is 4.39 Å². The summed E-state index contributed by atoms with van der Waals surface area (Å²) < 4.78 is 20.7. The minimum absolute atomic E-state index is 0.0172. The van der Waals surface area contributed by atoms with E-state index in [1.807, 2.05) is 0 Å². The molecule has 2 aromatic carbocycles. The number of carbonyl (C=O) groups excluding carboxylic acids is 1. The number of benzene rings is 2. The van der Waals surface area contributed by atoms with Crippen molar-refractivity contribution in [1.82, 2.24) is 4.57 Å². The summed E-state index contributed by atoms with van der Waals surface area (Å²) in [6.45, 7) is 1.29. The molecule has 1 fully saturated rings. The molecule has 0 bridgehead atoms. The number of hydrogen-bond donors (Lipinski definition) is 2. The van der Waals surface area contributed by atoms with E-state index in [0.29, 0.717) is 24.0 Å². The third-order valence-corrected chi connectivity index (χ3v) is 5.62. The molecular formula is C23H23FN2O4. The molecule has 6 nitrogen and oxygen atoms in total. The van der Waals surface area contributed by atoms with Gasteiger partial charge in [0, 0.05) is 43.4 Å². The van der Waals surface area contributed by atoms with Gasteiger partial charge in [0.1, 0.15) is 11.6 Å². The molecule has 4 rings (SSSR count). The van der Waals surface area contributed by atoms with E-state index in [0.717, 1.165) is 29.7 Å².